The van der Waals surface area contributed by atoms with Crippen LogP contribution in [0.15, 0.2) is 403 Å². The van der Waals surface area contributed by atoms with E-state index in [0.717, 1.165) is 149 Å². The molecule has 18 heteroatoms. The zero-order chi connectivity index (χ0) is 94.5. The van der Waals surface area contributed by atoms with Crippen molar-refractivity contribution in [2.45, 2.75) is 33.1 Å². The number of halogens is 1. The molecule has 0 amide bonds. The van der Waals surface area contributed by atoms with Crippen molar-refractivity contribution in [2.75, 3.05) is 20.5 Å². The van der Waals surface area contributed by atoms with E-state index in [1.807, 2.05) is 133 Å². The van der Waals surface area contributed by atoms with Gasteiger partial charge < -0.3 is 41.6 Å². The monoisotopic (exact) mass is 1900 g/mol. The minimum atomic E-state index is -3.67. The molecule has 0 atom stereocenters. The Morgan fingerprint density at radius 1 is 0.324 bits per heavy atom. The second-order valence-electron chi connectivity index (χ2n) is 35.1. The summed E-state index contributed by atoms with van der Waals surface area (Å²) < 4.78 is 67.1. The number of esters is 2. The van der Waals surface area contributed by atoms with Crippen LogP contribution in [0.2, 0.25) is 0 Å². The number of ketones is 1. The summed E-state index contributed by atoms with van der Waals surface area (Å²) in [6.45, 7) is 4.65. The molecule has 5 heterocycles. The molecule has 25 aromatic rings. The molecule has 0 unspecified atom stereocenters. The van der Waals surface area contributed by atoms with Crippen molar-refractivity contribution in [3.8, 4) is 44.5 Å². The molecular formula is C121H86BBrO15S. The highest BCUT2D eigenvalue weighted by molar-refractivity contribution is 9.10. The van der Waals surface area contributed by atoms with Gasteiger partial charge in [-0.3, -0.25) is 9.35 Å². The van der Waals surface area contributed by atoms with Gasteiger partial charge in [0.25, 0.3) is 10.1 Å². The minimum absolute atomic E-state index is 0. The molecule has 0 saturated carbocycles. The van der Waals surface area contributed by atoms with Gasteiger partial charge in [0.15, 0.2) is 5.78 Å². The van der Waals surface area contributed by atoms with Crippen LogP contribution in [0.1, 0.15) is 80.2 Å². The Morgan fingerprint density at radius 3 is 1.18 bits per heavy atom. The Labute approximate surface area is 806 Å². The molecule has 15 nitrogen and oxygen atoms in total. The van der Waals surface area contributed by atoms with Crippen LogP contribution in [0.25, 0.3) is 208 Å². The summed E-state index contributed by atoms with van der Waals surface area (Å²) in [6.07, 6.45) is 1.74. The number of para-hydroxylation sites is 5. The molecule has 3 aliphatic rings. The fraction of sp³-hybridized carbons (Fsp3) is 0.0661. The zero-order valence-corrected chi connectivity index (χ0v) is 77.5. The largest absolute Gasteiger partial charge is 0.489 e. The predicted molar refractivity (Wildman–Crippen MR) is 567 cm³/mol. The number of fused-ring (bicyclic) bond motifs is 34. The lowest BCUT2D eigenvalue weighted by atomic mass is 9.77. The van der Waals surface area contributed by atoms with Crippen LogP contribution in [-0.2, 0) is 31.4 Å². The molecule has 676 valence electrons. The van der Waals surface area contributed by atoms with Crippen LogP contribution in [0, 0.1) is 0 Å². The molecule has 0 spiro atoms. The van der Waals surface area contributed by atoms with E-state index in [4.69, 9.17) is 41.4 Å². The average Bonchev–Trinajstić information content (AvgIpc) is 1.56. The van der Waals surface area contributed by atoms with Crippen LogP contribution in [-0.4, -0.2) is 68.3 Å². The van der Waals surface area contributed by atoms with Gasteiger partial charge in [-0.1, -0.05) is 292 Å². The average molecular weight is 1900 g/mol. The van der Waals surface area contributed by atoms with E-state index in [1.54, 1.807) is 18.2 Å². The second kappa shape index (κ2) is 36.1. The van der Waals surface area contributed by atoms with Crippen LogP contribution in [0.4, 0.5) is 0 Å². The molecule has 0 bridgehead atoms. The van der Waals surface area contributed by atoms with Crippen molar-refractivity contribution < 1.29 is 69.0 Å². The Morgan fingerprint density at radius 2 is 0.683 bits per heavy atom. The van der Waals surface area contributed by atoms with E-state index in [9.17, 15) is 22.8 Å². The van der Waals surface area contributed by atoms with Gasteiger partial charge in [-0.05, 0) is 227 Å². The highest BCUT2D eigenvalue weighted by Gasteiger charge is 2.36. The fourth-order valence-electron chi connectivity index (χ4n) is 20.1. The predicted octanol–water partition coefficient (Wildman–Crippen LogP) is 30.3. The maximum atomic E-state index is 12.7. The van der Waals surface area contributed by atoms with Crippen LogP contribution in [0.5, 0.6) is 0 Å². The van der Waals surface area contributed by atoms with Gasteiger partial charge in [0.05, 0.1) is 31.6 Å². The van der Waals surface area contributed by atoms with E-state index >= 15 is 0 Å². The summed E-state index contributed by atoms with van der Waals surface area (Å²) in [4.78, 5) is 36.0. The highest BCUT2D eigenvalue weighted by Crippen LogP contribution is 2.52. The first-order chi connectivity index (χ1) is 67.1. The third kappa shape index (κ3) is 16.1. The van der Waals surface area contributed by atoms with Crippen LogP contribution in [0.3, 0.4) is 0 Å². The molecule has 3 aliphatic carbocycles. The summed E-state index contributed by atoms with van der Waals surface area (Å²) in [5.74, 6) is -0.812. The number of benzene rings is 20. The number of methoxy groups -OCH3 is 2. The van der Waals surface area contributed by atoms with Crippen molar-refractivity contribution >= 4 is 220 Å². The first kappa shape index (κ1) is 89.2. The van der Waals surface area contributed by atoms with E-state index in [0.29, 0.717) is 11.8 Å². The van der Waals surface area contributed by atoms with E-state index < -0.39 is 23.2 Å². The van der Waals surface area contributed by atoms with E-state index in [2.05, 4.69) is 247 Å². The maximum Gasteiger partial charge on any atom is 0.489 e. The molecule has 3 N–H and O–H groups in total. The van der Waals surface area contributed by atoms with Gasteiger partial charge in [-0.2, -0.15) is 8.42 Å². The van der Waals surface area contributed by atoms with Crippen molar-refractivity contribution in [3.63, 3.8) is 0 Å². The number of carbonyl (C=O) groups is 3. The van der Waals surface area contributed by atoms with Crippen molar-refractivity contribution in [1.82, 2.24) is 0 Å². The van der Waals surface area contributed by atoms with Gasteiger partial charge in [-0.25, -0.2) is 9.59 Å². The minimum Gasteiger partial charge on any atom is -0.465 e. The van der Waals surface area contributed by atoms with Crippen LogP contribution < -0.4 is 5.46 Å². The number of hydrogen-bond donors (Lipinski definition) is 3. The molecule has 0 aliphatic heterocycles. The Kier molecular flexibility index (Phi) is 23.2. The number of rotatable bonds is 4. The zero-order valence-electron chi connectivity index (χ0n) is 75.1. The molecule has 0 radical (unpaired) electrons. The first-order valence-electron chi connectivity index (χ1n) is 45.0. The Bertz CT molecular complexity index is 9450. The first-order valence-corrected chi connectivity index (χ1v) is 47.7. The number of ether oxygens (including phenoxy) is 2. The molecule has 0 saturated heterocycles. The molecule has 28 rings (SSSR count). The Balaban J connectivity index is 0.0000000992. The van der Waals surface area contributed by atoms with Gasteiger partial charge in [0, 0.05) is 102 Å². The summed E-state index contributed by atoms with van der Waals surface area (Å²) in [7, 11) is -2.68. The molecule has 5 aromatic heterocycles. The lowest BCUT2D eigenvalue weighted by Crippen LogP contribution is -2.34. The van der Waals surface area contributed by atoms with Gasteiger partial charge in [0.1, 0.15) is 55.8 Å². The second-order valence-corrected chi connectivity index (χ2v) is 37.5. The van der Waals surface area contributed by atoms with Crippen molar-refractivity contribution in [3.05, 3.63) is 425 Å². The Hall–Kier alpha value is -16.3. The van der Waals surface area contributed by atoms with Gasteiger partial charge in [-0.15, -0.1) is 0 Å². The number of furan rings is 5. The third-order valence-electron chi connectivity index (χ3n) is 26.5. The standard InChI is InChI=1S/C25H18O.C24H16O3.C23H12O2.C23H14O.C16H9BrO.C8H9BO4.CH4O3S.CH4/c1-25(2)21-9-5-3-7-16(21)20-14-19-15(13-22(20)25)11-12-18-17-8-4-6-10-23(17)26-24(18)19;1-26-24(25)20-8-3-2-6-17(20)16-11-10-15-12-13-19-18-7-4-5-9-22(18)27-23(19)21(15)14-16;24-22-16-7-2-1-5-14(16)19-12-18-13(11-20(19)22)9-10-17-15-6-3-4-8-21(15)25-23(17)18;1-2-6-17-14(5-1)11-16-12-15-9-10-19-18-7-3-4-8-22(18)24-23(19)21(15)13-20(16)17;17-11-7-5-10-6-8-13-12-3-1-2-4-15(12)18-16(13)14(10)9-11;1-13-8(10)6-4-2-3-5-7(6)9(11)12;1-5(2,3)4;/h3-14H,1-2H3;2-14H,1H3;1-12H;1-10,12-13H,11H2;1-9H;2-5,11-12H,1H3;1H3,(H,2,3,4);1H4. The molecular weight excluding hydrogens is 1820 g/mol. The van der Waals surface area contributed by atoms with E-state index in [1.165, 1.54) is 130 Å². The van der Waals surface area contributed by atoms with E-state index in [-0.39, 0.29) is 35.6 Å². The van der Waals surface area contributed by atoms with Crippen molar-refractivity contribution in [1.29, 1.82) is 0 Å². The van der Waals surface area contributed by atoms with Crippen molar-refractivity contribution in [2.24, 2.45) is 0 Å². The smallest absolute Gasteiger partial charge is 0.465 e. The lowest BCUT2D eigenvalue weighted by molar-refractivity contribution is 0.0593. The lowest BCUT2D eigenvalue weighted by Gasteiger charge is -2.21. The molecule has 0 fully saturated rings. The van der Waals surface area contributed by atoms with Gasteiger partial charge >= 0.3 is 19.1 Å². The van der Waals surface area contributed by atoms with Crippen LogP contribution >= 0.6 is 15.9 Å². The normalized spacial score (nSPS) is 12.3. The summed E-state index contributed by atoms with van der Waals surface area (Å²) in [5.41, 5.74) is 26.7. The maximum absolute atomic E-state index is 12.7. The number of hydrogen-bond acceptors (Lipinski definition) is 14. The summed E-state index contributed by atoms with van der Waals surface area (Å²) in [5, 5.41) is 40.8. The topological polar surface area (TPSA) is 230 Å². The number of carbonyl (C=O) groups excluding carboxylic acids is 3. The quantitative estimate of drug-likeness (QED) is 0.0845. The SMILES string of the molecule is Brc1ccc2ccc3c4ccccc4oc3c2c1.C.CC1(C)c2ccccc2-c2cc3c(ccc4c5ccccc5oc34)cc21.COC(=O)c1ccccc1-c1ccc2ccc3c4ccccc4oc3c2c1.COC(=O)c1ccccc1B(O)O.CS(=O)(=O)O.O=C1c2ccccc2-c2cc3c(ccc4c5ccccc5oc34)cc21.c1ccc2c(c1)Cc1cc3ccc4c5ccccc5oc4c3cc1-2. The summed E-state index contributed by atoms with van der Waals surface area (Å²) >= 11 is 3.52. The third-order valence-corrected chi connectivity index (χ3v) is 27.0. The highest BCUT2D eigenvalue weighted by atomic mass is 79.9. The molecule has 20 aromatic carbocycles. The van der Waals surface area contributed by atoms with Gasteiger partial charge in [0.2, 0.25) is 0 Å². The molecule has 139 heavy (non-hydrogen) atoms. The fourth-order valence-corrected chi connectivity index (χ4v) is 20.4. The summed E-state index contributed by atoms with van der Waals surface area (Å²) in [6, 6.07) is 127.